The smallest absolute Gasteiger partial charge is 0.315 e. The lowest BCUT2D eigenvalue weighted by Gasteiger charge is -2.16. The van der Waals surface area contributed by atoms with Crippen molar-refractivity contribution in [1.29, 1.82) is 0 Å². The number of thioether (sulfide) groups is 1. The molecule has 0 aromatic rings. The second-order valence-corrected chi connectivity index (χ2v) is 7.34. The lowest BCUT2D eigenvalue weighted by molar-refractivity contribution is -0.121. The molecule has 2 saturated heterocycles. The molecule has 3 atom stereocenters. The third kappa shape index (κ3) is 5.35. The summed E-state index contributed by atoms with van der Waals surface area (Å²) in [5.74, 6) is 1.15. The molecule has 0 aliphatic carbocycles. The van der Waals surface area contributed by atoms with Gasteiger partial charge in [-0.1, -0.05) is 12.8 Å². The van der Waals surface area contributed by atoms with Gasteiger partial charge < -0.3 is 21.7 Å². The van der Waals surface area contributed by atoms with Crippen LogP contribution in [0.25, 0.3) is 0 Å². The maximum atomic E-state index is 11.7. The van der Waals surface area contributed by atoms with Gasteiger partial charge in [0.05, 0.1) is 12.1 Å². The number of hydrogen-bond donors (Lipinski definition) is 4. The topological polar surface area (TPSA) is 96.2 Å². The lowest BCUT2D eigenvalue weighted by atomic mass is 10.0. The van der Waals surface area contributed by atoms with Gasteiger partial charge in [0, 0.05) is 24.0 Å². The van der Waals surface area contributed by atoms with Crippen LogP contribution in [0.2, 0.25) is 0 Å². The molecule has 5 N–H and O–H groups in total. The Bertz CT molecular complexity index is 381. The predicted octanol–water partition coefficient (Wildman–Crippen LogP) is 0.957. The number of amides is 3. The van der Waals surface area contributed by atoms with Gasteiger partial charge in [-0.3, -0.25) is 4.79 Å². The highest BCUT2D eigenvalue weighted by Crippen LogP contribution is 2.33. The average molecular weight is 328 g/mol. The Labute approximate surface area is 136 Å². The third-order valence-corrected chi connectivity index (χ3v) is 5.79. The monoisotopic (exact) mass is 328 g/mol. The first kappa shape index (κ1) is 17.4. The van der Waals surface area contributed by atoms with E-state index in [0.29, 0.717) is 17.7 Å². The van der Waals surface area contributed by atoms with E-state index in [-0.39, 0.29) is 18.0 Å². The maximum absolute atomic E-state index is 11.7. The molecule has 0 saturated carbocycles. The molecule has 2 heterocycles. The fourth-order valence-corrected chi connectivity index (χ4v) is 4.58. The van der Waals surface area contributed by atoms with Crippen molar-refractivity contribution in [3.05, 3.63) is 0 Å². The molecule has 2 aliphatic rings. The van der Waals surface area contributed by atoms with E-state index in [1.807, 2.05) is 11.8 Å². The highest BCUT2D eigenvalue weighted by atomic mass is 32.2. The van der Waals surface area contributed by atoms with Crippen molar-refractivity contribution in [1.82, 2.24) is 16.0 Å². The second kappa shape index (κ2) is 9.25. The molecule has 2 aliphatic heterocycles. The molecule has 126 valence electrons. The number of carbonyl (C=O) groups excluding carboxylic acids is 2. The summed E-state index contributed by atoms with van der Waals surface area (Å²) in [5.41, 5.74) is 5.43. The number of nitrogens with two attached hydrogens (primary N) is 1. The van der Waals surface area contributed by atoms with Gasteiger partial charge >= 0.3 is 6.03 Å². The van der Waals surface area contributed by atoms with E-state index >= 15 is 0 Å². The Morgan fingerprint density at radius 1 is 1.23 bits per heavy atom. The van der Waals surface area contributed by atoms with Crippen LogP contribution >= 0.6 is 11.8 Å². The van der Waals surface area contributed by atoms with Crippen LogP contribution < -0.4 is 21.7 Å². The Hall–Kier alpha value is -0.950. The van der Waals surface area contributed by atoms with E-state index < -0.39 is 0 Å². The second-order valence-electron chi connectivity index (χ2n) is 6.07. The SMILES string of the molecule is NCCCCCNC(=O)CCCC[C@@H]1SCC2NC(=O)NC21. The van der Waals surface area contributed by atoms with Crippen molar-refractivity contribution in [2.45, 2.75) is 62.3 Å². The largest absolute Gasteiger partial charge is 0.356 e. The normalized spacial score (nSPS) is 26.4. The predicted molar refractivity (Wildman–Crippen MR) is 89.9 cm³/mol. The number of fused-ring (bicyclic) bond motifs is 1. The van der Waals surface area contributed by atoms with Gasteiger partial charge in [0.1, 0.15) is 0 Å². The summed E-state index contributed by atoms with van der Waals surface area (Å²) in [6.45, 7) is 1.49. The Balaban J connectivity index is 1.49. The third-order valence-electron chi connectivity index (χ3n) is 4.28. The summed E-state index contributed by atoms with van der Waals surface area (Å²) in [4.78, 5) is 23.0. The number of hydrogen-bond acceptors (Lipinski definition) is 4. The number of rotatable bonds is 10. The molecule has 2 fully saturated rings. The fraction of sp³-hybridized carbons (Fsp3) is 0.867. The summed E-state index contributed by atoms with van der Waals surface area (Å²) < 4.78 is 0. The summed E-state index contributed by atoms with van der Waals surface area (Å²) in [6.07, 6.45) is 6.75. The van der Waals surface area contributed by atoms with Crippen LogP contribution in [0.15, 0.2) is 0 Å². The molecule has 2 rings (SSSR count). The minimum absolute atomic E-state index is 0.0330. The van der Waals surface area contributed by atoms with E-state index in [1.165, 1.54) is 0 Å². The summed E-state index contributed by atoms with van der Waals surface area (Å²) >= 11 is 1.93. The molecule has 7 heteroatoms. The van der Waals surface area contributed by atoms with Gasteiger partial charge in [0.25, 0.3) is 0 Å². The van der Waals surface area contributed by atoms with Crippen molar-refractivity contribution in [2.24, 2.45) is 5.73 Å². The van der Waals surface area contributed by atoms with Crippen LogP contribution in [0.5, 0.6) is 0 Å². The molecule has 3 amide bonds. The molecule has 0 aromatic carbocycles. The van der Waals surface area contributed by atoms with Crippen molar-refractivity contribution >= 4 is 23.7 Å². The van der Waals surface area contributed by atoms with Gasteiger partial charge in [-0.2, -0.15) is 11.8 Å². The van der Waals surface area contributed by atoms with Crippen LogP contribution in [-0.2, 0) is 4.79 Å². The molecule has 22 heavy (non-hydrogen) atoms. The zero-order valence-corrected chi connectivity index (χ0v) is 13.9. The molecule has 0 aromatic heterocycles. The molecule has 0 bridgehead atoms. The number of urea groups is 1. The van der Waals surface area contributed by atoms with Gasteiger partial charge in [-0.15, -0.1) is 0 Å². The van der Waals surface area contributed by atoms with E-state index in [4.69, 9.17) is 5.73 Å². The van der Waals surface area contributed by atoms with E-state index in [1.54, 1.807) is 0 Å². The van der Waals surface area contributed by atoms with Gasteiger partial charge in [-0.05, 0) is 32.2 Å². The zero-order valence-electron chi connectivity index (χ0n) is 13.1. The molecular weight excluding hydrogens is 300 g/mol. The van der Waals surface area contributed by atoms with E-state index in [0.717, 1.165) is 57.4 Å². The fourth-order valence-electron chi connectivity index (χ4n) is 3.04. The molecular formula is C15H28N4O2S. The van der Waals surface area contributed by atoms with Crippen LogP contribution in [0.3, 0.4) is 0 Å². The van der Waals surface area contributed by atoms with Gasteiger partial charge in [0.2, 0.25) is 5.91 Å². The van der Waals surface area contributed by atoms with E-state index in [2.05, 4.69) is 16.0 Å². The zero-order chi connectivity index (χ0) is 15.8. The molecule has 6 nitrogen and oxygen atoms in total. The number of nitrogens with one attached hydrogen (secondary N) is 3. The first-order chi connectivity index (χ1) is 10.7. The van der Waals surface area contributed by atoms with E-state index in [9.17, 15) is 9.59 Å². The van der Waals surface area contributed by atoms with Crippen LogP contribution in [0.1, 0.15) is 44.9 Å². The Kier molecular flexibility index (Phi) is 7.32. The van der Waals surface area contributed by atoms with Gasteiger partial charge in [0.15, 0.2) is 0 Å². The van der Waals surface area contributed by atoms with Crippen LogP contribution in [-0.4, -0.2) is 48.1 Å². The lowest BCUT2D eigenvalue weighted by Crippen LogP contribution is -2.36. The van der Waals surface area contributed by atoms with Crippen molar-refractivity contribution in [3.63, 3.8) is 0 Å². The van der Waals surface area contributed by atoms with Crippen molar-refractivity contribution in [3.8, 4) is 0 Å². The summed E-state index contributed by atoms with van der Waals surface area (Å²) in [6, 6.07) is 0.530. The average Bonchev–Trinajstić information content (AvgIpc) is 3.03. The Morgan fingerprint density at radius 2 is 2.09 bits per heavy atom. The first-order valence-electron chi connectivity index (χ1n) is 8.36. The molecule has 0 radical (unpaired) electrons. The standard InChI is InChI=1S/C15H28N4O2S/c16-8-4-1-5-9-17-13(20)7-3-2-6-12-14-11(10-22-12)18-15(21)19-14/h11-12,14H,1-10,16H2,(H,17,20)(H2,18,19,21)/t11?,12-,14?/m0/s1. The minimum Gasteiger partial charge on any atom is -0.356 e. The van der Waals surface area contributed by atoms with Crippen LogP contribution in [0.4, 0.5) is 4.79 Å². The summed E-state index contributed by atoms with van der Waals surface area (Å²) in [5, 5.41) is 9.40. The highest BCUT2D eigenvalue weighted by Gasteiger charge is 2.42. The first-order valence-corrected chi connectivity index (χ1v) is 9.41. The van der Waals surface area contributed by atoms with Gasteiger partial charge in [-0.25, -0.2) is 4.79 Å². The highest BCUT2D eigenvalue weighted by molar-refractivity contribution is 8.00. The summed E-state index contributed by atoms with van der Waals surface area (Å²) in [7, 11) is 0. The van der Waals surface area contributed by atoms with Crippen molar-refractivity contribution < 1.29 is 9.59 Å². The molecule has 0 spiro atoms. The number of unbranched alkanes of at least 4 members (excludes halogenated alkanes) is 3. The van der Waals surface area contributed by atoms with Crippen LogP contribution in [0, 0.1) is 0 Å². The minimum atomic E-state index is -0.0330. The maximum Gasteiger partial charge on any atom is 0.315 e. The Morgan fingerprint density at radius 3 is 2.91 bits per heavy atom. The van der Waals surface area contributed by atoms with Crippen molar-refractivity contribution in [2.75, 3.05) is 18.8 Å². The number of carbonyl (C=O) groups is 2. The quantitative estimate of drug-likeness (QED) is 0.355. The molecule has 2 unspecified atom stereocenters.